The van der Waals surface area contributed by atoms with Crippen LogP contribution in [0.15, 0.2) is 54.9 Å². The normalized spacial score (nSPS) is 15.4. The van der Waals surface area contributed by atoms with Crippen molar-refractivity contribution in [1.29, 1.82) is 0 Å². The van der Waals surface area contributed by atoms with Gasteiger partial charge in [-0.15, -0.1) is 0 Å². The predicted octanol–water partition coefficient (Wildman–Crippen LogP) is 6.15. The summed E-state index contributed by atoms with van der Waals surface area (Å²) in [7, 11) is 0. The van der Waals surface area contributed by atoms with Gasteiger partial charge in [-0.1, -0.05) is 29.8 Å². The van der Waals surface area contributed by atoms with Crippen LogP contribution < -0.4 is 10.6 Å². The Hall–Kier alpha value is -2.64. The van der Waals surface area contributed by atoms with Crippen LogP contribution in [0, 0.1) is 5.82 Å². The van der Waals surface area contributed by atoms with Crippen molar-refractivity contribution in [3.8, 4) is 22.3 Å². The monoisotopic (exact) mass is 449 g/mol. The summed E-state index contributed by atoms with van der Waals surface area (Å²) in [6.45, 7) is 1.39. The van der Waals surface area contributed by atoms with E-state index in [1.807, 2.05) is 0 Å². The van der Waals surface area contributed by atoms with Crippen LogP contribution in [0.25, 0.3) is 22.3 Å². The molecule has 4 rings (SSSR count). The van der Waals surface area contributed by atoms with Gasteiger partial charge in [0.2, 0.25) is 0 Å². The molecule has 1 aliphatic heterocycles. The van der Waals surface area contributed by atoms with Crippen molar-refractivity contribution in [2.75, 3.05) is 18.0 Å². The Labute approximate surface area is 182 Å². The Balaban J connectivity index is 1.86. The highest BCUT2D eigenvalue weighted by Gasteiger charge is 2.30. The van der Waals surface area contributed by atoms with Crippen LogP contribution in [0.3, 0.4) is 0 Å². The number of alkyl halides is 3. The maximum atomic E-state index is 13.7. The Kier molecular flexibility index (Phi) is 5.90. The van der Waals surface area contributed by atoms with E-state index in [1.54, 1.807) is 18.5 Å². The summed E-state index contributed by atoms with van der Waals surface area (Å²) in [5.41, 5.74) is 8.89. The second-order valence-electron chi connectivity index (χ2n) is 7.61. The van der Waals surface area contributed by atoms with Crippen LogP contribution in [-0.4, -0.2) is 24.1 Å². The molecule has 0 unspecified atom stereocenters. The SMILES string of the molecule is NC1CCN(c2c(-c3ccc(C(F)(F)F)cc3)cncc2-c2ccc(F)c(Cl)c2)CC1. The summed E-state index contributed by atoms with van der Waals surface area (Å²) < 4.78 is 52.8. The van der Waals surface area contributed by atoms with Gasteiger partial charge in [-0.3, -0.25) is 4.98 Å². The van der Waals surface area contributed by atoms with Crippen molar-refractivity contribution >= 4 is 17.3 Å². The molecule has 3 nitrogen and oxygen atoms in total. The van der Waals surface area contributed by atoms with Gasteiger partial charge in [-0.05, 0) is 48.2 Å². The molecule has 2 heterocycles. The Morgan fingerprint density at radius 2 is 1.52 bits per heavy atom. The first kappa shape index (κ1) is 21.6. The molecule has 162 valence electrons. The van der Waals surface area contributed by atoms with E-state index in [2.05, 4.69) is 9.88 Å². The summed E-state index contributed by atoms with van der Waals surface area (Å²) in [5, 5.41) is -0.0101. The van der Waals surface area contributed by atoms with Gasteiger partial charge in [0.25, 0.3) is 0 Å². The molecule has 0 bridgehead atoms. The molecule has 8 heteroatoms. The average Bonchev–Trinajstić information content (AvgIpc) is 2.75. The number of piperidine rings is 1. The van der Waals surface area contributed by atoms with Gasteiger partial charge in [0.15, 0.2) is 0 Å². The van der Waals surface area contributed by atoms with Crippen molar-refractivity contribution in [3.63, 3.8) is 0 Å². The van der Waals surface area contributed by atoms with Crippen LogP contribution in [0.4, 0.5) is 23.2 Å². The standard InChI is InChI=1S/C23H20ClF4N3/c24-20-11-15(3-6-21(20)25)19-13-30-12-18(22(19)31-9-7-17(29)8-10-31)14-1-4-16(5-2-14)23(26,27)28/h1-6,11-13,17H,7-10,29H2. The molecule has 0 radical (unpaired) electrons. The van der Waals surface area contributed by atoms with Crippen LogP contribution in [0.1, 0.15) is 18.4 Å². The fourth-order valence-corrected chi connectivity index (χ4v) is 4.02. The lowest BCUT2D eigenvalue weighted by atomic mass is 9.95. The van der Waals surface area contributed by atoms with Gasteiger partial charge in [0.05, 0.1) is 16.3 Å². The molecular weight excluding hydrogens is 430 g/mol. The number of halogens is 5. The zero-order valence-corrected chi connectivity index (χ0v) is 17.2. The first-order chi connectivity index (χ1) is 14.7. The topological polar surface area (TPSA) is 42.1 Å². The minimum atomic E-state index is -4.41. The zero-order chi connectivity index (χ0) is 22.2. The summed E-state index contributed by atoms with van der Waals surface area (Å²) in [5.74, 6) is -0.525. The molecule has 0 atom stereocenters. The highest BCUT2D eigenvalue weighted by Crippen LogP contribution is 2.41. The number of hydrogen-bond acceptors (Lipinski definition) is 3. The van der Waals surface area contributed by atoms with Gasteiger partial charge in [0.1, 0.15) is 5.82 Å². The van der Waals surface area contributed by atoms with Crippen LogP contribution in [0.2, 0.25) is 5.02 Å². The van der Waals surface area contributed by atoms with Gasteiger partial charge in [-0.25, -0.2) is 4.39 Å². The second-order valence-corrected chi connectivity index (χ2v) is 8.02. The highest BCUT2D eigenvalue weighted by molar-refractivity contribution is 6.31. The highest BCUT2D eigenvalue weighted by atomic mass is 35.5. The number of anilines is 1. The Morgan fingerprint density at radius 3 is 2.10 bits per heavy atom. The molecule has 1 aliphatic rings. The van der Waals surface area contributed by atoms with E-state index < -0.39 is 17.6 Å². The van der Waals surface area contributed by atoms with Crippen LogP contribution >= 0.6 is 11.6 Å². The fourth-order valence-electron chi connectivity index (χ4n) is 3.84. The fraction of sp³-hybridized carbons (Fsp3) is 0.261. The summed E-state index contributed by atoms with van der Waals surface area (Å²) in [6.07, 6.45) is 0.480. The molecule has 0 aliphatic carbocycles. The molecule has 0 saturated carbocycles. The third-order valence-electron chi connectivity index (χ3n) is 5.53. The molecular formula is C23H20ClF4N3. The minimum absolute atomic E-state index is 0.0101. The number of aromatic nitrogens is 1. The quantitative estimate of drug-likeness (QED) is 0.487. The minimum Gasteiger partial charge on any atom is -0.370 e. The van der Waals surface area contributed by atoms with Gasteiger partial charge < -0.3 is 10.6 Å². The third kappa shape index (κ3) is 4.52. The molecule has 1 aromatic heterocycles. The van der Waals surface area contributed by atoms with E-state index in [1.165, 1.54) is 24.3 Å². The number of nitrogens with zero attached hydrogens (tertiary/aromatic N) is 2. The average molecular weight is 450 g/mol. The third-order valence-corrected chi connectivity index (χ3v) is 5.82. The van der Waals surface area contributed by atoms with E-state index in [-0.39, 0.29) is 11.1 Å². The molecule has 3 aromatic rings. The Morgan fingerprint density at radius 1 is 0.935 bits per heavy atom. The smallest absolute Gasteiger partial charge is 0.370 e. The summed E-state index contributed by atoms with van der Waals surface area (Å²) >= 11 is 6.01. The molecule has 0 amide bonds. The summed E-state index contributed by atoms with van der Waals surface area (Å²) in [6, 6.07) is 9.56. The number of pyridine rings is 1. The van der Waals surface area contributed by atoms with Crippen LogP contribution in [-0.2, 0) is 6.18 Å². The van der Waals surface area contributed by atoms with E-state index >= 15 is 0 Å². The maximum Gasteiger partial charge on any atom is 0.416 e. The van der Waals surface area contributed by atoms with Crippen molar-refractivity contribution in [2.45, 2.75) is 25.1 Å². The Bertz CT molecular complexity index is 1080. The van der Waals surface area contributed by atoms with Gasteiger partial charge in [-0.2, -0.15) is 13.2 Å². The number of nitrogens with two attached hydrogens (primary N) is 1. The zero-order valence-electron chi connectivity index (χ0n) is 16.5. The number of hydrogen-bond donors (Lipinski definition) is 1. The van der Waals surface area contributed by atoms with Crippen molar-refractivity contribution in [1.82, 2.24) is 4.98 Å². The van der Waals surface area contributed by atoms with E-state index in [9.17, 15) is 17.6 Å². The van der Waals surface area contributed by atoms with Gasteiger partial charge in [0, 0.05) is 42.7 Å². The lowest BCUT2D eigenvalue weighted by molar-refractivity contribution is -0.137. The van der Waals surface area contributed by atoms with Crippen molar-refractivity contribution < 1.29 is 17.6 Å². The molecule has 1 fully saturated rings. The number of benzene rings is 2. The lowest BCUT2D eigenvalue weighted by Gasteiger charge is -2.35. The van der Waals surface area contributed by atoms with Crippen molar-refractivity contribution in [2.24, 2.45) is 5.73 Å². The number of rotatable bonds is 3. The molecule has 0 spiro atoms. The van der Waals surface area contributed by atoms with Crippen LogP contribution in [0.5, 0.6) is 0 Å². The van der Waals surface area contributed by atoms with E-state index in [0.29, 0.717) is 29.8 Å². The molecule has 31 heavy (non-hydrogen) atoms. The molecule has 2 N–H and O–H groups in total. The first-order valence-corrected chi connectivity index (χ1v) is 10.2. The summed E-state index contributed by atoms with van der Waals surface area (Å²) in [4.78, 5) is 6.48. The molecule has 2 aromatic carbocycles. The lowest BCUT2D eigenvalue weighted by Crippen LogP contribution is -2.40. The van der Waals surface area contributed by atoms with E-state index in [0.717, 1.165) is 36.2 Å². The van der Waals surface area contributed by atoms with Gasteiger partial charge >= 0.3 is 6.18 Å². The predicted molar refractivity (Wildman–Crippen MR) is 115 cm³/mol. The van der Waals surface area contributed by atoms with Crippen molar-refractivity contribution in [3.05, 3.63) is 71.3 Å². The maximum absolute atomic E-state index is 13.7. The second kappa shape index (κ2) is 8.48. The van der Waals surface area contributed by atoms with E-state index in [4.69, 9.17) is 17.3 Å². The molecule has 1 saturated heterocycles. The largest absolute Gasteiger partial charge is 0.416 e. The first-order valence-electron chi connectivity index (χ1n) is 9.85.